The van der Waals surface area contributed by atoms with E-state index in [9.17, 15) is 14.4 Å². The SMILES string of the molecule is CCOC(=O)N1CCN(C(=O)C(=O)NC(C)(C)CO)CC1. The molecule has 21 heavy (non-hydrogen) atoms. The highest BCUT2D eigenvalue weighted by molar-refractivity contribution is 6.35. The fourth-order valence-corrected chi connectivity index (χ4v) is 1.85. The third kappa shape index (κ3) is 4.89. The van der Waals surface area contributed by atoms with E-state index in [1.807, 2.05) is 0 Å². The molecule has 0 aromatic heterocycles. The number of hydrogen-bond donors (Lipinski definition) is 2. The van der Waals surface area contributed by atoms with E-state index in [2.05, 4.69) is 5.32 Å². The van der Waals surface area contributed by atoms with E-state index >= 15 is 0 Å². The molecule has 3 amide bonds. The molecule has 0 unspecified atom stereocenters. The molecule has 2 N–H and O–H groups in total. The van der Waals surface area contributed by atoms with E-state index < -0.39 is 23.4 Å². The molecule has 1 fully saturated rings. The fourth-order valence-electron chi connectivity index (χ4n) is 1.85. The van der Waals surface area contributed by atoms with Crippen molar-refractivity contribution >= 4 is 17.9 Å². The van der Waals surface area contributed by atoms with Crippen LogP contribution in [0.2, 0.25) is 0 Å². The van der Waals surface area contributed by atoms with Crippen molar-refractivity contribution in [2.24, 2.45) is 0 Å². The van der Waals surface area contributed by atoms with Gasteiger partial charge in [0, 0.05) is 26.2 Å². The van der Waals surface area contributed by atoms with Crippen molar-refractivity contribution in [2.45, 2.75) is 26.3 Å². The molecular formula is C13H23N3O5. The minimum absolute atomic E-state index is 0.261. The van der Waals surface area contributed by atoms with Crippen molar-refractivity contribution in [3.8, 4) is 0 Å². The second-order valence-electron chi connectivity index (χ2n) is 5.47. The Labute approximate surface area is 124 Å². The third-order valence-corrected chi connectivity index (χ3v) is 3.13. The summed E-state index contributed by atoms with van der Waals surface area (Å²) in [6.45, 7) is 6.25. The Morgan fingerprint density at radius 1 is 1.14 bits per heavy atom. The van der Waals surface area contributed by atoms with Crippen LogP contribution in [0.25, 0.3) is 0 Å². The highest BCUT2D eigenvalue weighted by Gasteiger charge is 2.30. The molecule has 0 aromatic rings. The van der Waals surface area contributed by atoms with E-state index in [0.29, 0.717) is 19.7 Å². The Kier molecular flexibility index (Phi) is 5.95. The lowest BCUT2D eigenvalue weighted by Gasteiger charge is -2.34. The fraction of sp³-hybridized carbons (Fsp3) is 0.769. The molecule has 0 atom stereocenters. The van der Waals surface area contributed by atoms with Crippen LogP contribution in [-0.4, -0.2) is 77.7 Å². The van der Waals surface area contributed by atoms with Crippen molar-refractivity contribution in [2.75, 3.05) is 39.4 Å². The van der Waals surface area contributed by atoms with Crippen LogP contribution in [-0.2, 0) is 14.3 Å². The van der Waals surface area contributed by atoms with Gasteiger partial charge in [-0.25, -0.2) is 4.79 Å². The second kappa shape index (κ2) is 7.26. The summed E-state index contributed by atoms with van der Waals surface area (Å²) in [6.07, 6.45) is -0.407. The van der Waals surface area contributed by atoms with E-state index in [1.165, 1.54) is 9.80 Å². The van der Waals surface area contributed by atoms with Gasteiger partial charge in [-0.1, -0.05) is 0 Å². The van der Waals surface area contributed by atoms with Crippen LogP contribution in [0.4, 0.5) is 4.79 Å². The Balaban J connectivity index is 2.48. The number of aliphatic hydroxyl groups is 1. The quantitative estimate of drug-likeness (QED) is 0.663. The van der Waals surface area contributed by atoms with Gasteiger partial charge < -0.3 is 25.0 Å². The number of piperazine rings is 1. The second-order valence-corrected chi connectivity index (χ2v) is 5.47. The lowest BCUT2D eigenvalue weighted by Crippen LogP contribution is -2.57. The van der Waals surface area contributed by atoms with Crippen LogP contribution in [0, 0.1) is 0 Å². The van der Waals surface area contributed by atoms with Gasteiger partial charge in [-0.15, -0.1) is 0 Å². The summed E-state index contributed by atoms with van der Waals surface area (Å²) in [4.78, 5) is 38.2. The van der Waals surface area contributed by atoms with Gasteiger partial charge in [-0.3, -0.25) is 9.59 Å². The van der Waals surface area contributed by atoms with Gasteiger partial charge >= 0.3 is 17.9 Å². The van der Waals surface area contributed by atoms with E-state index in [0.717, 1.165) is 0 Å². The maximum Gasteiger partial charge on any atom is 0.409 e. The summed E-state index contributed by atoms with van der Waals surface area (Å²) < 4.78 is 4.88. The maximum absolute atomic E-state index is 12.0. The van der Waals surface area contributed by atoms with Gasteiger partial charge in [-0.2, -0.15) is 0 Å². The molecule has 120 valence electrons. The predicted molar refractivity (Wildman–Crippen MR) is 74.5 cm³/mol. The topological polar surface area (TPSA) is 99.2 Å². The maximum atomic E-state index is 12.0. The largest absolute Gasteiger partial charge is 0.450 e. The predicted octanol–water partition coefficient (Wildman–Crippen LogP) is -0.826. The monoisotopic (exact) mass is 301 g/mol. The first-order chi connectivity index (χ1) is 9.80. The van der Waals surface area contributed by atoms with Gasteiger partial charge in [0.05, 0.1) is 18.8 Å². The minimum Gasteiger partial charge on any atom is -0.450 e. The molecule has 1 heterocycles. The van der Waals surface area contributed by atoms with E-state index in [-0.39, 0.29) is 19.7 Å². The highest BCUT2D eigenvalue weighted by Crippen LogP contribution is 2.06. The van der Waals surface area contributed by atoms with Crippen LogP contribution in [0.1, 0.15) is 20.8 Å². The standard InChI is InChI=1S/C13H23N3O5/c1-4-21-12(20)16-7-5-15(6-8-16)11(19)10(18)14-13(2,3)9-17/h17H,4-9H2,1-3H3,(H,14,18). The summed E-state index contributed by atoms with van der Waals surface area (Å²) in [5.74, 6) is -1.40. The van der Waals surface area contributed by atoms with Crippen LogP contribution in [0.5, 0.6) is 0 Å². The lowest BCUT2D eigenvalue weighted by atomic mass is 10.1. The summed E-state index contributed by atoms with van der Waals surface area (Å²) >= 11 is 0. The number of nitrogens with zero attached hydrogens (tertiary/aromatic N) is 2. The van der Waals surface area contributed by atoms with Crippen LogP contribution >= 0.6 is 0 Å². The first-order valence-corrected chi connectivity index (χ1v) is 6.94. The Hall–Kier alpha value is -1.83. The van der Waals surface area contributed by atoms with Crippen molar-refractivity contribution in [3.05, 3.63) is 0 Å². The van der Waals surface area contributed by atoms with Gasteiger partial charge in [0.1, 0.15) is 0 Å². The normalized spacial score (nSPS) is 15.6. The van der Waals surface area contributed by atoms with Gasteiger partial charge in [0.15, 0.2) is 0 Å². The summed E-state index contributed by atoms with van der Waals surface area (Å²) in [7, 11) is 0. The molecular weight excluding hydrogens is 278 g/mol. The van der Waals surface area contributed by atoms with E-state index in [1.54, 1.807) is 20.8 Å². The number of aliphatic hydroxyl groups excluding tert-OH is 1. The van der Waals surface area contributed by atoms with Gasteiger partial charge in [-0.05, 0) is 20.8 Å². The van der Waals surface area contributed by atoms with Crippen molar-refractivity contribution in [3.63, 3.8) is 0 Å². The van der Waals surface area contributed by atoms with Crippen LogP contribution in [0.15, 0.2) is 0 Å². The molecule has 8 heteroatoms. The van der Waals surface area contributed by atoms with Crippen molar-refractivity contribution in [1.29, 1.82) is 0 Å². The number of hydrogen-bond acceptors (Lipinski definition) is 5. The van der Waals surface area contributed by atoms with Crippen LogP contribution in [0.3, 0.4) is 0 Å². The van der Waals surface area contributed by atoms with Crippen LogP contribution < -0.4 is 5.32 Å². The molecule has 0 spiro atoms. The van der Waals surface area contributed by atoms with Crippen molar-refractivity contribution < 1.29 is 24.2 Å². The zero-order valence-electron chi connectivity index (χ0n) is 12.7. The average molecular weight is 301 g/mol. The molecule has 0 radical (unpaired) electrons. The number of carbonyl (C=O) groups excluding carboxylic acids is 3. The smallest absolute Gasteiger partial charge is 0.409 e. The molecule has 0 saturated carbocycles. The zero-order valence-corrected chi connectivity index (χ0v) is 12.7. The number of amides is 3. The molecule has 1 saturated heterocycles. The number of carbonyl (C=O) groups is 3. The molecule has 1 rings (SSSR count). The average Bonchev–Trinajstić information content (AvgIpc) is 2.46. The first-order valence-electron chi connectivity index (χ1n) is 6.94. The Morgan fingerprint density at radius 3 is 2.14 bits per heavy atom. The number of ether oxygens (including phenoxy) is 1. The number of rotatable bonds is 3. The summed E-state index contributed by atoms with van der Waals surface area (Å²) in [5, 5.41) is 11.6. The summed E-state index contributed by atoms with van der Waals surface area (Å²) in [6, 6.07) is 0. The lowest BCUT2D eigenvalue weighted by molar-refractivity contribution is -0.147. The Bertz CT molecular complexity index is 403. The molecule has 1 aliphatic heterocycles. The van der Waals surface area contributed by atoms with Gasteiger partial charge in [0.25, 0.3) is 0 Å². The molecule has 0 aromatic carbocycles. The Morgan fingerprint density at radius 2 is 1.67 bits per heavy atom. The third-order valence-electron chi connectivity index (χ3n) is 3.13. The highest BCUT2D eigenvalue weighted by atomic mass is 16.6. The zero-order chi connectivity index (χ0) is 16.0. The molecule has 8 nitrogen and oxygen atoms in total. The van der Waals surface area contributed by atoms with E-state index in [4.69, 9.17) is 9.84 Å². The first kappa shape index (κ1) is 17.2. The molecule has 0 bridgehead atoms. The molecule has 1 aliphatic rings. The van der Waals surface area contributed by atoms with Gasteiger partial charge in [0.2, 0.25) is 0 Å². The molecule has 0 aliphatic carbocycles. The number of nitrogens with one attached hydrogen (secondary N) is 1. The summed E-state index contributed by atoms with van der Waals surface area (Å²) in [5.41, 5.74) is -0.848. The minimum atomic E-state index is -0.848. The van der Waals surface area contributed by atoms with Crippen molar-refractivity contribution in [1.82, 2.24) is 15.1 Å².